The van der Waals surface area contributed by atoms with Crippen molar-refractivity contribution < 1.29 is 9.18 Å². The van der Waals surface area contributed by atoms with E-state index in [2.05, 4.69) is 21.1 Å². The highest BCUT2D eigenvalue weighted by molar-refractivity contribution is 6.36. The Morgan fingerprint density at radius 2 is 2.00 bits per heavy atom. The lowest BCUT2D eigenvalue weighted by Gasteiger charge is -2.29. The summed E-state index contributed by atoms with van der Waals surface area (Å²) < 4.78 is 16.1. The second-order valence-corrected chi connectivity index (χ2v) is 9.21. The van der Waals surface area contributed by atoms with E-state index in [0.29, 0.717) is 10.6 Å². The number of H-pyrrole nitrogens is 1. The molecule has 9 heteroatoms. The van der Waals surface area contributed by atoms with Crippen molar-refractivity contribution in [3.63, 3.8) is 0 Å². The summed E-state index contributed by atoms with van der Waals surface area (Å²) in [6.45, 7) is 3.44. The maximum absolute atomic E-state index is 14.1. The van der Waals surface area contributed by atoms with Gasteiger partial charge in [0.2, 0.25) is 6.41 Å². The van der Waals surface area contributed by atoms with Gasteiger partial charge in [0.05, 0.1) is 17.3 Å². The van der Waals surface area contributed by atoms with Crippen LogP contribution in [0.4, 0.5) is 4.39 Å². The number of carbonyl (C=O) groups is 1. The molecule has 5 rings (SSSR count). The van der Waals surface area contributed by atoms with Crippen LogP contribution in [-0.2, 0) is 4.79 Å². The van der Waals surface area contributed by atoms with Gasteiger partial charge in [-0.05, 0) is 42.2 Å². The normalized spacial score (nSPS) is 15.8. The maximum Gasteiger partial charge on any atom is 0.209 e. The SMILES string of the molecule is CC(c1c(Cl)ccc(F)c1Cl)c1c[nH]c2ncc(-c3cnn(C4CCN(C=O)CC4)c3)cc12. The topological polar surface area (TPSA) is 66.8 Å². The molecule has 1 saturated heterocycles. The third-order valence-electron chi connectivity index (χ3n) is 6.50. The quantitative estimate of drug-likeness (QED) is 0.286. The van der Waals surface area contributed by atoms with E-state index in [1.54, 1.807) is 4.90 Å². The van der Waals surface area contributed by atoms with Crippen molar-refractivity contribution in [2.45, 2.75) is 31.7 Å². The zero-order valence-electron chi connectivity index (χ0n) is 17.9. The van der Waals surface area contributed by atoms with Gasteiger partial charge in [-0.15, -0.1) is 0 Å². The zero-order chi connectivity index (χ0) is 23.1. The molecule has 1 amide bonds. The number of pyridine rings is 1. The summed E-state index contributed by atoms with van der Waals surface area (Å²) in [6.07, 6.45) is 10.2. The van der Waals surface area contributed by atoms with Crippen LogP contribution >= 0.6 is 23.2 Å². The van der Waals surface area contributed by atoms with Crippen molar-refractivity contribution in [3.8, 4) is 11.1 Å². The van der Waals surface area contributed by atoms with Gasteiger partial charge in [0.1, 0.15) is 11.5 Å². The van der Waals surface area contributed by atoms with Crippen LogP contribution in [0.5, 0.6) is 0 Å². The molecule has 1 atom stereocenters. The summed E-state index contributed by atoms with van der Waals surface area (Å²) in [5.74, 6) is -0.731. The van der Waals surface area contributed by atoms with E-state index in [0.717, 1.165) is 60.1 Å². The van der Waals surface area contributed by atoms with Gasteiger partial charge in [-0.1, -0.05) is 30.1 Å². The van der Waals surface area contributed by atoms with Crippen LogP contribution in [0.2, 0.25) is 10.0 Å². The fraction of sp³-hybridized carbons (Fsp3) is 0.292. The van der Waals surface area contributed by atoms with Gasteiger partial charge in [-0.25, -0.2) is 9.37 Å². The Labute approximate surface area is 200 Å². The summed E-state index contributed by atoms with van der Waals surface area (Å²) in [5, 5.41) is 5.95. The first kappa shape index (κ1) is 21.9. The predicted octanol–water partition coefficient (Wildman–Crippen LogP) is 5.82. The highest BCUT2D eigenvalue weighted by Gasteiger charge is 2.23. The van der Waals surface area contributed by atoms with E-state index in [9.17, 15) is 9.18 Å². The minimum absolute atomic E-state index is 0.0374. The molecule has 1 aliphatic rings. The van der Waals surface area contributed by atoms with Crippen molar-refractivity contribution in [2.24, 2.45) is 0 Å². The van der Waals surface area contributed by atoms with Crippen molar-refractivity contribution >= 4 is 40.6 Å². The number of aromatic amines is 1. The van der Waals surface area contributed by atoms with Gasteiger partial charge in [0.15, 0.2) is 0 Å². The number of rotatable bonds is 5. The Bertz CT molecular complexity index is 1330. The van der Waals surface area contributed by atoms with E-state index in [-0.39, 0.29) is 17.0 Å². The molecule has 4 heterocycles. The highest BCUT2D eigenvalue weighted by Crippen LogP contribution is 2.39. The summed E-state index contributed by atoms with van der Waals surface area (Å²) in [4.78, 5) is 20.5. The summed E-state index contributed by atoms with van der Waals surface area (Å²) in [5.41, 5.74) is 4.12. The Kier molecular flexibility index (Phi) is 5.85. The fourth-order valence-electron chi connectivity index (χ4n) is 4.58. The van der Waals surface area contributed by atoms with Gasteiger partial charge >= 0.3 is 0 Å². The van der Waals surface area contributed by atoms with Crippen LogP contribution in [0.25, 0.3) is 22.2 Å². The number of hydrogen-bond acceptors (Lipinski definition) is 3. The first-order valence-corrected chi connectivity index (χ1v) is 11.6. The van der Waals surface area contributed by atoms with Crippen LogP contribution in [0.1, 0.15) is 42.9 Å². The molecule has 1 unspecified atom stereocenters. The largest absolute Gasteiger partial charge is 0.346 e. The fourth-order valence-corrected chi connectivity index (χ4v) is 5.28. The third-order valence-corrected chi connectivity index (χ3v) is 7.21. The van der Waals surface area contributed by atoms with Gasteiger partial charge in [-0.2, -0.15) is 5.10 Å². The van der Waals surface area contributed by atoms with E-state index >= 15 is 0 Å². The molecule has 1 aromatic carbocycles. The molecule has 0 spiro atoms. The number of hydrogen-bond donors (Lipinski definition) is 1. The van der Waals surface area contributed by atoms with Crippen LogP contribution in [0, 0.1) is 5.82 Å². The average molecular weight is 486 g/mol. The lowest BCUT2D eigenvalue weighted by atomic mass is 9.92. The van der Waals surface area contributed by atoms with Crippen LogP contribution in [0.15, 0.2) is 43.0 Å². The Morgan fingerprint density at radius 1 is 1.21 bits per heavy atom. The van der Waals surface area contributed by atoms with Crippen LogP contribution in [0.3, 0.4) is 0 Å². The lowest BCUT2D eigenvalue weighted by molar-refractivity contribution is -0.119. The number of benzene rings is 1. The Morgan fingerprint density at radius 3 is 2.76 bits per heavy atom. The number of likely N-dealkylation sites (tertiary alicyclic amines) is 1. The molecule has 170 valence electrons. The van der Waals surface area contributed by atoms with E-state index in [1.165, 1.54) is 12.1 Å². The molecule has 1 aliphatic heterocycles. The number of piperidine rings is 1. The molecular formula is C24H22Cl2FN5O. The molecule has 1 fully saturated rings. The number of aromatic nitrogens is 4. The molecule has 0 aliphatic carbocycles. The third kappa shape index (κ3) is 4.00. The summed E-state index contributed by atoms with van der Waals surface area (Å²) in [6, 6.07) is 5.13. The van der Waals surface area contributed by atoms with Crippen molar-refractivity contribution in [1.29, 1.82) is 0 Å². The maximum atomic E-state index is 14.1. The van der Waals surface area contributed by atoms with Gasteiger partial charge in [0, 0.05) is 59.1 Å². The molecular weight excluding hydrogens is 464 g/mol. The number of carbonyl (C=O) groups excluding carboxylic acids is 1. The minimum atomic E-state index is -0.493. The summed E-state index contributed by atoms with van der Waals surface area (Å²) >= 11 is 12.6. The number of fused-ring (bicyclic) bond motifs is 1. The van der Waals surface area contributed by atoms with Gasteiger partial charge in [-0.3, -0.25) is 9.48 Å². The lowest BCUT2D eigenvalue weighted by Crippen LogP contribution is -2.33. The number of halogens is 3. The molecule has 33 heavy (non-hydrogen) atoms. The smallest absolute Gasteiger partial charge is 0.209 e. The Hall–Kier alpha value is -2.90. The molecule has 3 aromatic heterocycles. The summed E-state index contributed by atoms with van der Waals surface area (Å²) in [7, 11) is 0. The second kappa shape index (κ2) is 8.80. The van der Waals surface area contributed by atoms with Crippen LogP contribution in [-0.4, -0.2) is 44.1 Å². The molecule has 0 saturated carbocycles. The van der Waals surface area contributed by atoms with Crippen molar-refractivity contribution in [1.82, 2.24) is 24.6 Å². The number of nitrogens with zero attached hydrogens (tertiary/aromatic N) is 4. The van der Waals surface area contributed by atoms with E-state index < -0.39 is 5.82 Å². The molecule has 1 N–H and O–H groups in total. The molecule has 4 aromatic rings. The standard InChI is InChI=1S/C24H22Cl2FN5O/c1-14(22-20(25)2-3-21(27)23(22)26)19-11-29-24-18(19)8-15(9-28-24)16-10-30-32(12-16)17-4-6-31(13-33)7-5-17/h2-3,8-14,17H,4-7H2,1H3,(H,28,29). The van der Waals surface area contributed by atoms with Gasteiger partial charge < -0.3 is 9.88 Å². The number of amides is 1. The van der Waals surface area contributed by atoms with E-state index in [4.69, 9.17) is 23.2 Å². The highest BCUT2D eigenvalue weighted by atomic mass is 35.5. The second-order valence-electron chi connectivity index (χ2n) is 8.42. The minimum Gasteiger partial charge on any atom is -0.346 e. The molecule has 6 nitrogen and oxygen atoms in total. The Balaban J connectivity index is 1.47. The molecule has 0 bridgehead atoms. The average Bonchev–Trinajstić information content (AvgIpc) is 3.49. The zero-order valence-corrected chi connectivity index (χ0v) is 19.4. The monoisotopic (exact) mass is 485 g/mol. The number of nitrogens with one attached hydrogen (secondary N) is 1. The first-order chi connectivity index (χ1) is 16.0. The van der Waals surface area contributed by atoms with Gasteiger partial charge in [0.25, 0.3) is 0 Å². The predicted molar refractivity (Wildman–Crippen MR) is 127 cm³/mol. The van der Waals surface area contributed by atoms with Crippen molar-refractivity contribution in [2.75, 3.05) is 13.1 Å². The van der Waals surface area contributed by atoms with E-state index in [1.807, 2.05) is 36.4 Å². The van der Waals surface area contributed by atoms with Crippen molar-refractivity contribution in [3.05, 3.63) is 70.0 Å². The van der Waals surface area contributed by atoms with Crippen LogP contribution < -0.4 is 0 Å². The first-order valence-electron chi connectivity index (χ1n) is 10.8. The molecule has 0 radical (unpaired) electrons.